The van der Waals surface area contributed by atoms with E-state index in [1.54, 1.807) is 43.9 Å². The van der Waals surface area contributed by atoms with Gasteiger partial charge in [-0.15, -0.1) is 11.8 Å². The predicted molar refractivity (Wildman–Crippen MR) is 122 cm³/mol. The maximum atomic E-state index is 12.9. The fourth-order valence-electron chi connectivity index (χ4n) is 2.73. The summed E-state index contributed by atoms with van der Waals surface area (Å²) in [5.41, 5.74) is 0.635. The summed E-state index contributed by atoms with van der Waals surface area (Å²) >= 11 is 20.1. The number of thioether (sulfide) groups is 1. The maximum Gasteiger partial charge on any atom is 0.242 e. The smallest absolute Gasteiger partial charge is 0.242 e. The van der Waals surface area contributed by atoms with Gasteiger partial charge in [0.05, 0.1) is 0 Å². The Bertz CT molecular complexity index is 826. The highest BCUT2D eigenvalue weighted by atomic mass is 35.5. The molecule has 0 bridgehead atoms. The number of hydrogen-bond donors (Lipinski definition) is 1. The molecule has 0 aromatic heterocycles. The average molecular weight is 474 g/mol. The van der Waals surface area contributed by atoms with Crippen LogP contribution in [0.3, 0.4) is 0 Å². The van der Waals surface area contributed by atoms with E-state index in [0.717, 1.165) is 10.6 Å². The molecule has 1 atom stereocenters. The Morgan fingerprint density at radius 2 is 1.69 bits per heavy atom. The van der Waals surface area contributed by atoms with Crippen LogP contribution in [0, 0.1) is 0 Å². The number of rotatable bonds is 9. The van der Waals surface area contributed by atoms with Crippen LogP contribution in [-0.2, 0) is 16.1 Å². The van der Waals surface area contributed by atoms with Gasteiger partial charge >= 0.3 is 0 Å². The van der Waals surface area contributed by atoms with E-state index >= 15 is 0 Å². The van der Waals surface area contributed by atoms with Gasteiger partial charge < -0.3 is 10.2 Å². The third kappa shape index (κ3) is 7.10. The molecule has 0 spiro atoms. The van der Waals surface area contributed by atoms with E-state index in [0.29, 0.717) is 33.5 Å². The van der Waals surface area contributed by atoms with E-state index < -0.39 is 6.04 Å². The summed E-state index contributed by atoms with van der Waals surface area (Å²) in [6, 6.07) is 12.1. The lowest BCUT2D eigenvalue weighted by Gasteiger charge is -2.29. The summed E-state index contributed by atoms with van der Waals surface area (Å²) in [4.78, 5) is 27.7. The van der Waals surface area contributed by atoms with E-state index in [-0.39, 0.29) is 18.4 Å². The number of nitrogens with zero attached hydrogens (tertiary/aromatic N) is 1. The Balaban J connectivity index is 2.02. The first kappa shape index (κ1) is 23.9. The van der Waals surface area contributed by atoms with Gasteiger partial charge in [0.15, 0.2) is 0 Å². The van der Waals surface area contributed by atoms with Crippen LogP contribution in [0.15, 0.2) is 47.4 Å². The average Bonchev–Trinajstić information content (AvgIpc) is 2.71. The quantitative estimate of drug-likeness (QED) is 0.376. The van der Waals surface area contributed by atoms with Crippen LogP contribution in [0.2, 0.25) is 15.1 Å². The minimum absolute atomic E-state index is 0.117. The highest BCUT2D eigenvalue weighted by Gasteiger charge is 2.26. The molecule has 2 aromatic carbocycles. The van der Waals surface area contributed by atoms with E-state index in [9.17, 15) is 9.59 Å². The zero-order valence-electron chi connectivity index (χ0n) is 16.3. The number of halogens is 3. The first-order valence-corrected chi connectivity index (χ1v) is 11.3. The molecule has 0 fully saturated rings. The van der Waals surface area contributed by atoms with Crippen molar-refractivity contribution in [3.63, 3.8) is 0 Å². The third-order valence-electron chi connectivity index (χ3n) is 4.42. The summed E-state index contributed by atoms with van der Waals surface area (Å²) < 4.78 is 0. The molecule has 0 radical (unpaired) electrons. The molecule has 2 amide bonds. The second kappa shape index (κ2) is 11.7. The molecule has 4 nitrogen and oxygen atoms in total. The summed E-state index contributed by atoms with van der Waals surface area (Å²) in [5, 5.41) is 4.23. The van der Waals surface area contributed by atoms with Crippen LogP contribution >= 0.6 is 46.6 Å². The van der Waals surface area contributed by atoms with Gasteiger partial charge in [-0.05, 0) is 55.5 Å². The third-order valence-corrected chi connectivity index (χ3v) is 6.48. The Kier molecular flexibility index (Phi) is 9.63. The van der Waals surface area contributed by atoms with Crippen LogP contribution in [-0.4, -0.2) is 35.6 Å². The van der Waals surface area contributed by atoms with Crippen LogP contribution in [0.25, 0.3) is 0 Å². The summed E-state index contributed by atoms with van der Waals surface area (Å²) in [7, 11) is 1.55. The molecule has 156 valence electrons. The Morgan fingerprint density at radius 3 is 2.28 bits per heavy atom. The SMILES string of the molecule is CNC(=O)[C@@H](C)N(Cc1c(Cl)cccc1Cl)C(=O)CCCSc1ccc(Cl)cc1. The number of carbonyl (C=O) groups is 2. The summed E-state index contributed by atoms with van der Waals surface area (Å²) in [6.45, 7) is 1.88. The number of benzene rings is 2. The van der Waals surface area contributed by atoms with Crippen LogP contribution in [0.5, 0.6) is 0 Å². The highest BCUT2D eigenvalue weighted by Crippen LogP contribution is 2.27. The second-order valence-electron chi connectivity index (χ2n) is 6.42. The minimum atomic E-state index is -0.635. The van der Waals surface area contributed by atoms with Gasteiger partial charge in [0, 0.05) is 45.5 Å². The largest absolute Gasteiger partial charge is 0.357 e. The summed E-state index contributed by atoms with van der Waals surface area (Å²) in [6.07, 6.45) is 1.00. The molecule has 1 N–H and O–H groups in total. The van der Waals surface area contributed by atoms with Crippen molar-refractivity contribution in [2.45, 2.75) is 37.2 Å². The molecular formula is C21H23Cl3N2O2S. The van der Waals surface area contributed by atoms with Gasteiger partial charge in [-0.2, -0.15) is 0 Å². The summed E-state index contributed by atoms with van der Waals surface area (Å²) in [5.74, 6) is 0.424. The molecule has 0 aliphatic heterocycles. The Hall–Kier alpha value is -1.40. The predicted octanol–water partition coefficient (Wildman–Crippen LogP) is 5.68. The van der Waals surface area contributed by atoms with Gasteiger partial charge in [0.25, 0.3) is 0 Å². The van der Waals surface area contributed by atoms with Gasteiger partial charge in [0.2, 0.25) is 11.8 Å². The van der Waals surface area contributed by atoms with Gasteiger partial charge in [-0.25, -0.2) is 0 Å². The molecule has 2 rings (SSSR count). The van der Waals surface area contributed by atoms with E-state index in [1.165, 1.54) is 4.90 Å². The van der Waals surface area contributed by atoms with Crippen molar-refractivity contribution >= 4 is 58.4 Å². The molecule has 0 unspecified atom stereocenters. The molecule has 0 aliphatic carbocycles. The van der Waals surface area contributed by atoms with Crippen LogP contribution in [0.4, 0.5) is 0 Å². The van der Waals surface area contributed by atoms with Crippen molar-refractivity contribution in [2.24, 2.45) is 0 Å². The molecule has 29 heavy (non-hydrogen) atoms. The van der Waals surface area contributed by atoms with Gasteiger partial charge in [0.1, 0.15) is 6.04 Å². The normalized spacial score (nSPS) is 11.8. The fraction of sp³-hybridized carbons (Fsp3) is 0.333. The van der Waals surface area contributed by atoms with Crippen molar-refractivity contribution in [3.8, 4) is 0 Å². The number of likely N-dealkylation sites (N-methyl/N-ethyl adjacent to an activating group) is 1. The molecular weight excluding hydrogens is 451 g/mol. The van der Waals surface area contributed by atoms with Crippen molar-refractivity contribution in [2.75, 3.05) is 12.8 Å². The second-order valence-corrected chi connectivity index (χ2v) is 8.84. The molecule has 2 aromatic rings. The molecule has 8 heteroatoms. The first-order valence-electron chi connectivity index (χ1n) is 9.15. The fourth-order valence-corrected chi connectivity index (χ4v) is 4.23. The number of nitrogens with one attached hydrogen (secondary N) is 1. The zero-order chi connectivity index (χ0) is 21.4. The molecule has 0 aliphatic rings. The highest BCUT2D eigenvalue weighted by molar-refractivity contribution is 7.99. The van der Waals surface area contributed by atoms with Crippen molar-refractivity contribution in [1.82, 2.24) is 10.2 Å². The number of hydrogen-bond acceptors (Lipinski definition) is 3. The van der Waals surface area contributed by atoms with Gasteiger partial charge in [-0.3, -0.25) is 9.59 Å². The minimum Gasteiger partial charge on any atom is -0.357 e. The van der Waals surface area contributed by atoms with E-state index in [4.69, 9.17) is 34.8 Å². The van der Waals surface area contributed by atoms with E-state index in [1.807, 2.05) is 24.3 Å². The first-order chi connectivity index (χ1) is 13.8. The van der Waals surface area contributed by atoms with Crippen LogP contribution in [0.1, 0.15) is 25.3 Å². The van der Waals surface area contributed by atoms with Gasteiger partial charge in [-0.1, -0.05) is 40.9 Å². The Morgan fingerprint density at radius 1 is 1.07 bits per heavy atom. The zero-order valence-corrected chi connectivity index (χ0v) is 19.3. The lowest BCUT2D eigenvalue weighted by atomic mass is 10.1. The number of carbonyl (C=O) groups excluding carboxylic acids is 2. The molecule has 0 heterocycles. The van der Waals surface area contributed by atoms with Crippen molar-refractivity contribution in [3.05, 3.63) is 63.1 Å². The lowest BCUT2D eigenvalue weighted by Crippen LogP contribution is -2.46. The maximum absolute atomic E-state index is 12.9. The molecule has 0 saturated carbocycles. The van der Waals surface area contributed by atoms with E-state index in [2.05, 4.69) is 5.32 Å². The molecule has 0 saturated heterocycles. The monoisotopic (exact) mass is 472 g/mol. The van der Waals surface area contributed by atoms with Crippen LogP contribution < -0.4 is 5.32 Å². The number of amides is 2. The topological polar surface area (TPSA) is 49.4 Å². The standard InChI is InChI=1S/C21H23Cl3N2O2S/c1-14(21(28)25-2)26(13-17-18(23)5-3-6-19(17)24)20(27)7-4-12-29-16-10-8-15(22)9-11-16/h3,5-6,8-11,14H,4,7,12-13H2,1-2H3,(H,25,28)/t14-/m1/s1. The van der Waals surface area contributed by atoms with Crippen molar-refractivity contribution in [1.29, 1.82) is 0 Å². The lowest BCUT2D eigenvalue weighted by molar-refractivity contribution is -0.140. The Labute approximate surface area is 190 Å². The van der Waals surface area contributed by atoms with Crippen molar-refractivity contribution < 1.29 is 9.59 Å².